The molecule has 0 saturated carbocycles. The zero-order chi connectivity index (χ0) is 13.8. The van der Waals surface area contributed by atoms with Gasteiger partial charge in [-0.25, -0.2) is 0 Å². The summed E-state index contributed by atoms with van der Waals surface area (Å²) in [6, 6.07) is 10.2. The van der Waals surface area contributed by atoms with E-state index in [1.54, 1.807) is 0 Å². The Bertz CT molecular complexity index is 300. The Kier molecular flexibility index (Phi) is 9.33. The molecule has 0 bridgehead atoms. The van der Waals surface area contributed by atoms with Crippen molar-refractivity contribution in [2.45, 2.75) is 51.2 Å². The number of rotatable bonds is 11. The summed E-state index contributed by atoms with van der Waals surface area (Å²) in [5, 5.41) is 17.8. The molecule has 0 aliphatic heterocycles. The van der Waals surface area contributed by atoms with Crippen LogP contribution in [-0.4, -0.2) is 29.5 Å². The minimum absolute atomic E-state index is 0.118. The van der Waals surface area contributed by atoms with Crippen molar-refractivity contribution in [2.24, 2.45) is 0 Å². The van der Waals surface area contributed by atoms with E-state index in [1.165, 1.54) is 18.4 Å². The molecule has 1 rings (SSSR count). The lowest BCUT2D eigenvalue weighted by Crippen LogP contribution is -2.10. The van der Waals surface area contributed by atoms with Crippen LogP contribution in [0.3, 0.4) is 0 Å². The summed E-state index contributed by atoms with van der Waals surface area (Å²) < 4.78 is 5.61. The molecule has 108 valence electrons. The van der Waals surface area contributed by atoms with E-state index >= 15 is 0 Å². The predicted molar refractivity (Wildman–Crippen MR) is 76.9 cm³/mol. The molecule has 0 radical (unpaired) electrons. The molecule has 19 heavy (non-hydrogen) atoms. The molecule has 3 nitrogen and oxygen atoms in total. The number of aliphatic hydroxyl groups is 2. The number of aliphatic hydroxyl groups excluding tert-OH is 2. The van der Waals surface area contributed by atoms with Gasteiger partial charge in [-0.2, -0.15) is 0 Å². The van der Waals surface area contributed by atoms with Crippen LogP contribution in [0.5, 0.6) is 0 Å². The van der Waals surface area contributed by atoms with E-state index in [-0.39, 0.29) is 6.61 Å². The second-order valence-corrected chi connectivity index (χ2v) is 4.93. The highest BCUT2D eigenvalue weighted by atomic mass is 16.5. The summed E-state index contributed by atoms with van der Waals surface area (Å²) in [5.41, 5.74) is 1.22. The Morgan fingerprint density at radius 3 is 2.37 bits per heavy atom. The van der Waals surface area contributed by atoms with Crippen LogP contribution in [0, 0.1) is 0 Å². The average Bonchev–Trinajstić information content (AvgIpc) is 2.46. The van der Waals surface area contributed by atoms with Crippen LogP contribution >= 0.6 is 0 Å². The third-order valence-corrected chi connectivity index (χ3v) is 3.15. The summed E-state index contributed by atoms with van der Waals surface area (Å²) >= 11 is 0. The molecule has 0 aliphatic carbocycles. The number of hydrogen-bond donors (Lipinski definition) is 2. The number of unbranched alkanes of at least 4 members (excludes halogenated alkanes) is 4. The van der Waals surface area contributed by atoms with Crippen molar-refractivity contribution in [1.29, 1.82) is 0 Å². The van der Waals surface area contributed by atoms with Gasteiger partial charge in [-0.15, -0.1) is 0 Å². The largest absolute Gasteiger partial charge is 0.394 e. The molecule has 0 spiro atoms. The van der Waals surface area contributed by atoms with Crippen molar-refractivity contribution in [2.75, 3.05) is 13.2 Å². The number of benzene rings is 1. The van der Waals surface area contributed by atoms with Gasteiger partial charge in [0.2, 0.25) is 0 Å². The van der Waals surface area contributed by atoms with Crippen molar-refractivity contribution in [1.82, 2.24) is 0 Å². The summed E-state index contributed by atoms with van der Waals surface area (Å²) in [6.07, 6.45) is 5.73. The summed E-state index contributed by atoms with van der Waals surface area (Å²) in [5.74, 6) is 0. The first-order chi connectivity index (χ1) is 9.33. The lowest BCUT2D eigenvalue weighted by Gasteiger charge is -2.06. The third-order valence-electron chi connectivity index (χ3n) is 3.15. The minimum atomic E-state index is -0.533. The van der Waals surface area contributed by atoms with Gasteiger partial charge in [0, 0.05) is 6.61 Å². The fourth-order valence-corrected chi connectivity index (χ4v) is 1.97. The van der Waals surface area contributed by atoms with Gasteiger partial charge in [0.05, 0.1) is 19.3 Å². The lowest BCUT2D eigenvalue weighted by atomic mass is 10.1. The molecule has 0 amide bonds. The molecule has 1 aromatic carbocycles. The zero-order valence-electron chi connectivity index (χ0n) is 11.6. The molecular weight excluding hydrogens is 240 g/mol. The van der Waals surface area contributed by atoms with Crippen molar-refractivity contribution in [3.8, 4) is 0 Å². The fourth-order valence-electron chi connectivity index (χ4n) is 1.97. The van der Waals surface area contributed by atoms with Gasteiger partial charge in [-0.05, 0) is 18.4 Å². The summed E-state index contributed by atoms with van der Waals surface area (Å²) in [4.78, 5) is 0. The van der Waals surface area contributed by atoms with Gasteiger partial charge in [0.25, 0.3) is 0 Å². The zero-order valence-corrected chi connectivity index (χ0v) is 11.6. The molecule has 2 N–H and O–H groups in total. The standard InChI is InChI=1S/C16H26O3/c17-13-16(18)11-7-2-1-3-8-12-19-14-15-9-5-4-6-10-15/h4-6,9-10,16-18H,1-3,7-8,11-14H2/t16-/m0/s1. The van der Waals surface area contributed by atoms with Crippen LogP contribution in [0.4, 0.5) is 0 Å². The van der Waals surface area contributed by atoms with E-state index in [9.17, 15) is 0 Å². The highest BCUT2D eigenvalue weighted by molar-refractivity contribution is 5.13. The molecule has 0 saturated heterocycles. The third kappa shape index (κ3) is 8.76. The molecule has 0 unspecified atom stereocenters. The Morgan fingerprint density at radius 1 is 0.947 bits per heavy atom. The first-order valence-corrected chi connectivity index (χ1v) is 7.23. The quantitative estimate of drug-likeness (QED) is 0.605. The van der Waals surface area contributed by atoms with Gasteiger partial charge in [0.1, 0.15) is 0 Å². The Labute approximate surface area is 116 Å². The van der Waals surface area contributed by atoms with E-state index in [2.05, 4.69) is 12.1 Å². The van der Waals surface area contributed by atoms with Crippen LogP contribution in [0.15, 0.2) is 30.3 Å². The first-order valence-electron chi connectivity index (χ1n) is 7.23. The van der Waals surface area contributed by atoms with Gasteiger partial charge < -0.3 is 14.9 Å². The molecule has 0 fully saturated rings. The molecule has 1 aromatic rings. The number of ether oxygens (including phenoxy) is 1. The molecule has 1 atom stereocenters. The number of hydrogen-bond acceptors (Lipinski definition) is 3. The highest BCUT2D eigenvalue weighted by Crippen LogP contribution is 2.08. The Hall–Kier alpha value is -0.900. The monoisotopic (exact) mass is 266 g/mol. The van der Waals surface area contributed by atoms with E-state index in [0.717, 1.165) is 25.9 Å². The van der Waals surface area contributed by atoms with Crippen molar-refractivity contribution in [3.05, 3.63) is 35.9 Å². The average molecular weight is 266 g/mol. The SMILES string of the molecule is OC[C@@H](O)CCCCCCCOCc1ccccc1. The van der Waals surface area contributed by atoms with Gasteiger partial charge in [0.15, 0.2) is 0 Å². The van der Waals surface area contributed by atoms with Crippen LogP contribution in [0.2, 0.25) is 0 Å². The molecule has 3 heteroatoms. The maximum absolute atomic E-state index is 9.17. The van der Waals surface area contributed by atoms with E-state index in [1.807, 2.05) is 18.2 Å². The lowest BCUT2D eigenvalue weighted by molar-refractivity contribution is 0.0857. The Balaban J connectivity index is 1.84. The second kappa shape index (κ2) is 11.0. The van der Waals surface area contributed by atoms with E-state index in [0.29, 0.717) is 13.0 Å². The topological polar surface area (TPSA) is 49.7 Å². The van der Waals surface area contributed by atoms with Crippen LogP contribution in [0.1, 0.15) is 44.1 Å². The van der Waals surface area contributed by atoms with E-state index in [4.69, 9.17) is 14.9 Å². The van der Waals surface area contributed by atoms with Crippen molar-refractivity contribution in [3.63, 3.8) is 0 Å². The fraction of sp³-hybridized carbons (Fsp3) is 0.625. The van der Waals surface area contributed by atoms with Gasteiger partial charge in [-0.1, -0.05) is 56.0 Å². The van der Waals surface area contributed by atoms with E-state index < -0.39 is 6.10 Å². The molecule has 0 heterocycles. The maximum atomic E-state index is 9.17. The molecule has 0 aromatic heterocycles. The first kappa shape index (κ1) is 16.2. The predicted octanol–water partition coefficient (Wildman–Crippen LogP) is 2.90. The van der Waals surface area contributed by atoms with Crippen LogP contribution in [-0.2, 0) is 11.3 Å². The minimum Gasteiger partial charge on any atom is -0.394 e. The summed E-state index contributed by atoms with van der Waals surface area (Å²) in [7, 11) is 0. The van der Waals surface area contributed by atoms with Crippen molar-refractivity contribution < 1.29 is 14.9 Å². The Morgan fingerprint density at radius 2 is 1.63 bits per heavy atom. The summed E-state index contributed by atoms with van der Waals surface area (Å²) in [6.45, 7) is 1.39. The smallest absolute Gasteiger partial charge is 0.0770 e. The normalized spacial score (nSPS) is 12.5. The van der Waals surface area contributed by atoms with Crippen molar-refractivity contribution >= 4 is 0 Å². The highest BCUT2D eigenvalue weighted by Gasteiger charge is 2.00. The van der Waals surface area contributed by atoms with Gasteiger partial charge in [-0.3, -0.25) is 0 Å². The van der Waals surface area contributed by atoms with Gasteiger partial charge >= 0.3 is 0 Å². The van der Waals surface area contributed by atoms with Crippen LogP contribution in [0.25, 0.3) is 0 Å². The second-order valence-electron chi connectivity index (χ2n) is 4.93. The molecular formula is C16H26O3. The van der Waals surface area contributed by atoms with Crippen LogP contribution < -0.4 is 0 Å². The maximum Gasteiger partial charge on any atom is 0.0770 e. The molecule has 0 aliphatic rings.